The highest BCUT2D eigenvalue weighted by molar-refractivity contribution is 6.18. The van der Waals surface area contributed by atoms with Crippen LogP contribution in [0.1, 0.15) is 30.1 Å². The van der Waals surface area contributed by atoms with E-state index in [9.17, 15) is 9.90 Å². The van der Waals surface area contributed by atoms with Gasteiger partial charge in [0.2, 0.25) is 0 Å². The Balaban J connectivity index is 2.33. The van der Waals surface area contributed by atoms with E-state index >= 15 is 0 Å². The number of alkyl halides is 1. The van der Waals surface area contributed by atoms with Crippen LogP contribution in [0.5, 0.6) is 5.75 Å². The van der Waals surface area contributed by atoms with E-state index in [1.165, 1.54) is 6.07 Å². The number of carbonyl (C=O) groups excluding carboxylic acids is 1. The predicted octanol–water partition coefficient (Wildman–Crippen LogP) is 2.78. The minimum absolute atomic E-state index is 0.0131. The lowest BCUT2D eigenvalue weighted by molar-refractivity contribution is 0.0950. The fourth-order valence-electron chi connectivity index (χ4n) is 1.49. The Bertz CT molecular complexity index is 368. The molecule has 0 aliphatic carbocycles. The van der Waals surface area contributed by atoms with E-state index in [0.717, 1.165) is 12.8 Å². The van der Waals surface area contributed by atoms with Gasteiger partial charge in [0.1, 0.15) is 5.75 Å². The molecule has 0 fully saturated rings. The van der Waals surface area contributed by atoms with E-state index in [0.29, 0.717) is 23.9 Å². The molecule has 94 valence electrons. The van der Waals surface area contributed by atoms with Crippen LogP contribution in [0.25, 0.3) is 0 Å². The first-order chi connectivity index (χ1) is 8.15. The minimum Gasteiger partial charge on any atom is -0.507 e. The Morgan fingerprint density at radius 2 is 2.18 bits per heavy atom. The summed E-state index contributed by atoms with van der Waals surface area (Å²) < 4.78 is 0. The van der Waals surface area contributed by atoms with Crippen molar-refractivity contribution in [2.75, 3.05) is 12.4 Å². The molecule has 1 atom stereocenters. The molecule has 0 spiro atoms. The molecule has 1 aromatic rings. The molecule has 0 aliphatic heterocycles. The second-order valence-electron chi connectivity index (χ2n) is 4.17. The number of amides is 1. The van der Waals surface area contributed by atoms with E-state index in [4.69, 9.17) is 11.6 Å². The Morgan fingerprint density at radius 1 is 1.47 bits per heavy atom. The molecule has 3 nitrogen and oxygen atoms in total. The SMILES string of the molecule is CC(CCl)CCCNC(=O)c1ccccc1O. The normalized spacial score (nSPS) is 12.1. The minimum atomic E-state index is -0.235. The van der Waals surface area contributed by atoms with Gasteiger partial charge in [0, 0.05) is 12.4 Å². The number of phenols is 1. The Hall–Kier alpha value is -1.22. The molecule has 17 heavy (non-hydrogen) atoms. The predicted molar refractivity (Wildman–Crippen MR) is 69.6 cm³/mol. The summed E-state index contributed by atoms with van der Waals surface area (Å²) in [4.78, 5) is 11.7. The molecule has 0 bridgehead atoms. The molecule has 0 saturated heterocycles. The third kappa shape index (κ3) is 4.65. The van der Waals surface area contributed by atoms with Crippen LogP contribution < -0.4 is 5.32 Å². The summed E-state index contributed by atoms with van der Waals surface area (Å²) in [5.41, 5.74) is 0.317. The van der Waals surface area contributed by atoms with Gasteiger partial charge in [0.15, 0.2) is 0 Å². The van der Waals surface area contributed by atoms with Gasteiger partial charge in [-0.1, -0.05) is 19.1 Å². The Kier molecular flexibility index (Phi) is 5.84. The topological polar surface area (TPSA) is 49.3 Å². The van der Waals surface area contributed by atoms with Crippen LogP contribution in [-0.2, 0) is 0 Å². The number of rotatable bonds is 6. The van der Waals surface area contributed by atoms with Crippen molar-refractivity contribution in [3.8, 4) is 5.75 Å². The van der Waals surface area contributed by atoms with E-state index in [2.05, 4.69) is 12.2 Å². The molecule has 0 aromatic heterocycles. The third-order valence-corrected chi connectivity index (χ3v) is 3.10. The van der Waals surface area contributed by atoms with Crippen molar-refractivity contribution in [1.29, 1.82) is 0 Å². The van der Waals surface area contributed by atoms with Crippen molar-refractivity contribution < 1.29 is 9.90 Å². The van der Waals surface area contributed by atoms with E-state index < -0.39 is 0 Å². The second-order valence-corrected chi connectivity index (χ2v) is 4.48. The highest BCUT2D eigenvalue weighted by atomic mass is 35.5. The average Bonchev–Trinajstić information content (AvgIpc) is 2.34. The fourth-order valence-corrected chi connectivity index (χ4v) is 1.64. The molecule has 1 aromatic carbocycles. The first-order valence-electron chi connectivity index (χ1n) is 5.77. The van der Waals surface area contributed by atoms with Crippen LogP contribution in [0.4, 0.5) is 0 Å². The third-order valence-electron chi connectivity index (χ3n) is 2.57. The number of halogens is 1. The second kappa shape index (κ2) is 7.17. The van der Waals surface area contributed by atoms with Crippen molar-refractivity contribution in [2.45, 2.75) is 19.8 Å². The highest BCUT2D eigenvalue weighted by Gasteiger charge is 2.09. The number of hydrogen-bond donors (Lipinski definition) is 2. The van der Waals surface area contributed by atoms with Crippen LogP contribution in [0.3, 0.4) is 0 Å². The molecule has 2 N–H and O–H groups in total. The molecule has 1 unspecified atom stereocenters. The molecular formula is C13H18ClNO2. The zero-order chi connectivity index (χ0) is 12.7. The maximum atomic E-state index is 11.7. The molecule has 4 heteroatoms. The van der Waals surface area contributed by atoms with E-state index in [1.54, 1.807) is 18.2 Å². The summed E-state index contributed by atoms with van der Waals surface area (Å²) in [5, 5.41) is 12.3. The van der Waals surface area contributed by atoms with Gasteiger partial charge in [-0.2, -0.15) is 0 Å². The Labute approximate surface area is 107 Å². The van der Waals surface area contributed by atoms with Gasteiger partial charge in [0.05, 0.1) is 5.56 Å². The summed E-state index contributed by atoms with van der Waals surface area (Å²) in [6.45, 7) is 2.69. The van der Waals surface area contributed by atoms with Gasteiger partial charge < -0.3 is 10.4 Å². The summed E-state index contributed by atoms with van der Waals surface area (Å²) in [6, 6.07) is 6.52. The number of nitrogens with one attached hydrogen (secondary N) is 1. The zero-order valence-electron chi connectivity index (χ0n) is 9.95. The van der Waals surface area contributed by atoms with Crippen LogP contribution in [0.2, 0.25) is 0 Å². The number of benzene rings is 1. The van der Waals surface area contributed by atoms with Gasteiger partial charge in [0.25, 0.3) is 5.91 Å². The highest BCUT2D eigenvalue weighted by Crippen LogP contribution is 2.15. The first-order valence-corrected chi connectivity index (χ1v) is 6.30. The van der Waals surface area contributed by atoms with Crippen LogP contribution in [-0.4, -0.2) is 23.4 Å². The number of para-hydroxylation sites is 1. The van der Waals surface area contributed by atoms with Crippen molar-refractivity contribution in [3.63, 3.8) is 0 Å². The Morgan fingerprint density at radius 3 is 2.82 bits per heavy atom. The van der Waals surface area contributed by atoms with Crippen LogP contribution >= 0.6 is 11.6 Å². The summed E-state index contributed by atoms with van der Waals surface area (Å²) >= 11 is 5.69. The van der Waals surface area contributed by atoms with Crippen LogP contribution in [0.15, 0.2) is 24.3 Å². The van der Waals surface area contributed by atoms with Gasteiger partial charge in [-0.05, 0) is 30.9 Å². The quantitative estimate of drug-likeness (QED) is 0.607. The smallest absolute Gasteiger partial charge is 0.255 e. The summed E-state index contributed by atoms with van der Waals surface area (Å²) in [5.74, 6) is 0.896. The van der Waals surface area contributed by atoms with Crippen molar-refractivity contribution in [1.82, 2.24) is 5.32 Å². The maximum absolute atomic E-state index is 11.7. The standard InChI is InChI=1S/C13H18ClNO2/c1-10(9-14)5-4-8-15-13(17)11-6-2-3-7-12(11)16/h2-3,6-7,10,16H,4-5,8-9H2,1H3,(H,15,17). The fraction of sp³-hybridized carbons (Fsp3) is 0.462. The molecule has 1 amide bonds. The van der Waals surface area contributed by atoms with Gasteiger partial charge in [-0.3, -0.25) is 4.79 Å². The molecule has 0 aliphatic rings. The lowest BCUT2D eigenvalue weighted by atomic mass is 10.1. The van der Waals surface area contributed by atoms with Gasteiger partial charge in [-0.25, -0.2) is 0 Å². The van der Waals surface area contributed by atoms with Crippen molar-refractivity contribution >= 4 is 17.5 Å². The number of carbonyl (C=O) groups is 1. The zero-order valence-corrected chi connectivity index (χ0v) is 10.7. The average molecular weight is 256 g/mol. The molecule has 0 saturated carbocycles. The summed E-state index contributed by atoms with van der Waals surface area (Å²) in [7, 11) is 0. The molecule has 1 rings (SSSR count). The first kappa shape index (κ1) is 13.8. The molecule has 0 radical (unpaired) electrons. The number of phenolic OH excluding ortho intramolecular Hbond substituents is 1. The summed E-state index contributed by atoms with van der Waals surface area (Å²) in [6.07, 6.45) is 1.89. The largest absolute Gasteiger partial charge is 0.507 e. The molecular weight excluding hydrogens is 238 g/mol. The van der Waals surface area contributed by atoms with Gasteiger partial charge in [-0.15, -0.1) is 11.6 Å². The lowest BCUT2D eigenvalue weighted by Crippen LogP contribution is -2.24. The maximum Gasteiger partial charge on any atom is 0.255 e. The van der Waals surface area contributed by atoms with E-state index in [1.807, 2.05) is 0 Å². The molecule has 0 heterocycles. The monoisotopic (exact) mass is 255 g/mol. The van der Waals surface area contributed by atoms with Gasteiger partial charge >= 0.3 is 0 Å². The van der Waals surface area contributed by atoms with E-state index in [-0.39, 0.29) is 11.7 Å². The number of hydrogen-bond acceptors (Lipinski definition) is 2. The van der Waals surface area contributed by atoms with Crippen molar-refractivity contribution in [3.05, 3.63) is 29.8 Å². The van der Waals surface area contributed by atoms with Crippen molar-refractivity contribution in [2.24, 2.45) is 5.92 Å². The lowest BCUT2D eigenvalue weighted by Gasteiger charge is -2.08. The number of aromatic hydroxyl groups is 1. The van der Waals surface area contributed by atoms with Crippen LogP contribution in [0, 0.1) is 5.92 Å².